The predicted octanol–water partition coefficient (Wildman–Crippen LogP) is 3.51. The summed E-state index contributed by atoms with van der Waals surface area (Å²) in [6, 6.07) is 8.88. The Balaban J connectivity index is 1.95. The molecule has 0 radical (unpaired) electrons. The quantitative estimate of drug-likeness (QED) is 0.866. The van der Waals surface area contributed by atoms with Crippen LogP contribution in [-0.2, 0) is 0 Å². The van der Waals surface area contributed by atoms with Gasteiger partial charge in [-0.05, 0) is 43.9 Å². The van der Waals surface area contributed by atoms with E-state index in [2.05, 4.69) is 52.4 Å². The van der Waals surface area contributed by atoms with Gasteiger partial charge in [-0.25, -0.2) is 0 Å². The van der Waals surface area contributed by atoms with Gasteiger partial charge < -0.3 is 5.32 Å². The summed E-state index contributed by atoms with van der Waals surface area (Å²) in [7, 11) is 0. The molecule has 1 saturated carbocycles. The zero-order valence-electron chi connectivity index (χ0n) is 8.46. The topological polar surface area (TPSA) is 12.0 Å². The molecule has 1 nitrogen and oxygen atoms in total. The smallest absolute Gasteiger partial charge is 0.0303 e. The van der Waals surface area contributed by atoms with E-state index < -0.39 is 0 Å². The third-order valence-electron chi connectivity index (χ3n) is 2.78. The minimum absolute atomic E-state index is 0.450. The Labute approximate surface area is 94.0 Å². The van der Waals surface area contributed by atoms with Crippen molar-refractivity contribution in [3.05, 3.63) is 34.3 Å². The standard InChI is InChI=1S/C12H16BrN/c1-9(14-8-10-6-7-10)11-4-2-3-5-12(11)13/h2-5,9-10,14H,6-8H2,1H3/t9-/m0/s1. The maximum absolute atomic E-state index is 3.58. The van der Waals surface area contributed by atoms with Gasteiger partial charge >= 0.3 is 0 Å². The molecule has 1 aromatic rings. The van der Waals surface area contributed by atoms with Crippen LogP contribution in [0.1, 0.15) is 31.4 Å². The van der Waals surface area contributed by atoms with Crippen molar-refractivity contribution < 1.29 is 0 Å². The SMILES string of the molecule is C[C@H](NCC1CC1)c1ccccc1Br. The summed E-state index contributed by atoms with van der Waals surface area (Å²) in [4.78, 5) is 0. The molecule has 1 fully saturated rings. The van der Waals surface area contributed by atoms with E-state index in [-0.39, 0.29) is 0 Å². The van der Waals surface area contributed by atoms with Crippen LogP contribution in [0, 0.1) is 5.92 Å². The van der Waals surface area contributed by atoms with E-state index in [0.29, 0.717) is 6.04 Å². The molecule has 1 N–H and O–H groups in total. The molecule has 76 valence electrons. The third-order valence-corrected chi connectivity index (χ3v) is 3.50. The summed E-state index contributed by atoms with van der Waals surface area (Å²) in [6.45, 7) is 3.39. The molecule has 0 heterocycles. The van der Waals surface area contributed by atoms with Crippen LogP contribution in [0.2, 0.25) is 0 Å². The summed E-state index contributed by atoms with van der Waals surface area (Å²) >= 11 is 3.58. The number of rotatable bonds is 4. The van der Waals surface area contributed by atoms with Crippen LogP contribution in [0.25, 0.3) is 0 Å². The van der Waals surface area contributed by atoms with Crippen LogP contribution in [0.5, 0.6) is 0 Å². The lowest BCUT2D eigenvalue weighted by Gasteiger charge is -2.15. The van der Waals surface area contributed by atoms with Crippen molar-refractivity contribution in [2.24, 2.45) is 5.92 Å². The van der Waals surface area contributed by atoms with Gasteiger partial charge in [0.2, 0.25) is 0 Å². The highest BCUT2D eigenvalue weighted by Gasteiger charge is 2.21. The van der Waals surface area contributed by atoms with E-state index in [4.69, 9.17) is 0 Å². The molecular weight excluding hydrogens is 238 g/mol. The van der Waals surface area contributed by atoms with E-state index in [0.717, 1.165) is 5.92 Å². The molecule has 2 rings (SSSR count). The molecule has 0 saturated heterocycles. The van der Waals surface area contributed by atoms with Crippen molar-refractivity contribution in [3.8, 4) is 0 Å². The van der Waals surface area contributed by atoms with Crippen molar-refractivity contribution >= 4 is 15.9 Å². The van der Waals surface area contributed by atoms with E-state index in [1.54, 1.807) is 0 Å². The molecule has 1 atom stereocenters. The van der Waals surface area contributed by atoms with Gasteiger partial charge in [-0.3, -0.25) is 0 Å². The van der Waals surface area contributed by atoms with Gasteiger partial charge in [0.05, 0.1) is 0 Å². The molecular formula is C12H16BrN. The van der Waals surface area contributed by atoms with Crippen molar-refractivity contribution in [1.82, 2.24) is 5.32 Å². The number of hydrogen-bond acceptors (Lipinski definition) is 1. The fourth-order valence-electron chi connectivity index (χ4n) is 1.60. The summed E-state index contributed by atoms with van der Waals surface area (Å²) in [5.74, 6) is 0.944. The Morgan fingerprint density at radius 3 is 2.79 bits per heavy atom. The van der Waals surface area contributed by atoms with Gasteiger partial charge in [-0.2, -0.15) is 0 Å². The molecule has 14 heavy (non-hydrogen) atoms. The van der Waals surface area contributed by atoms with Gasteiger partial charge in [0.15, 0.2) is 0 Å². The molecule has 0 spiro atoms. The Morgan fingerprint density at radius 2 is 2.14 bits per heavy atom. The summed E-state index contributed by atoms with van der Waals surface area (Å²) in [5, 5.41) is 3.57. The summed E-state index contributed by atoms with van der Waals surface area (Å²) < 4.78 is 1.20. The second kappa shape index (κ2) is 4.45. The molecule has 1 aromatic carbocycles. The third kappa shape index (κ3) is 2.58. The number of nitrogens with one attached hydrogen (secondary N) is 1. The highest BCUT2D eigenvalue weighted by molar-refractivity contribution is 9.10. The van der Waals surface area contributed by atoms with Crippen LogP contribution in [-0.4, -0.2) is 6.54 Å². The second-order valence-electron chi connectivity index (χ2n) is 4.09. The van der Waals surface area contributed by atoms with Crippen molar-refractivity contribution in [2.75, 3.05) is 6.54 Å². The average molecular weight is 254 g/mol. The van der Waals surface area contributed by atoms with Gasteiger partial charge in [-0.1, -0.05) is 34.1 Å². The molecule has 1 aliphatic rings. The van der Waals surface area contributed by atoms with E-state index >= 15 is 0 Å². The van der Waals surface area contributed by atoms with E-state index in [1.807, 2.05) is 0 Å². The minimum atomic E-state index is 0.450. The fraction of sp³-hybridized carbons (Fsp3) is 0.500. The molecule has 2 heteroatoms. The van der Waals surface area contributed by atoms with Gasteiger partial charge in [0, 0.05) is 10.5 Å². The van der Waals surface area contributed by atoms with Crippen LogP contribution in [0.4, 0.5) is 0 Å². The van der Waals surface area contributed by atoms with Crippen molar-refractivity contribution in [1.29, 1.82) is 0 Å². The minimum Gasteiger partial charge on any atom is -0.310 e. The van der Waals surface area contributed by atoms with Crippen molar-refractivity contribution in [2.45, 2.75) is 25.8 Å². The largest absolute Gasteiger partial charge is 0.310 e. The lowest BCUT2D eigenvalue weighted by molar-refractivity contribution is 0.547. The molecule has 0 unspecified atom stereocenters. The lowest BCUT2D eigenvalue weighted by Crippen LogP contribution is -2.21. The van der Waals surface area contributed by atoms with Gasteiger partial charge in [0.1, 0.15) is 0 Å². The molecule has 0 aromatic heterocycles. The Bertz CT molecular complexity index is 307. The molecule has 1 aliphatic carbocycles. The number of halogens is 1. The Kier molecular flexibility index (Phi) is 3.24. The van der Waals surface area contributed by atoms with Crippen LogP contribution < -0.4 is 5.32 Å². The van der Waals surface area contributed by atoms with E-state index in [9.17, 15) is 0 Å². The normalized spacial score (nSPS) is 18.1. The maximum atomic E-state index is 3.58. The number of hydrogen-bond donors (Lipinski definition) is 1. The second-order valence-corrected chi connectivity index (χ2v) is 4.95. The maximum Gasteiger partial charge on any atom is 0.0303 e. The Hall–Kier alpha value is -0.340. The molecule has 0 aliphatic heterocycles. The first-order chi connectivity index (χ1) is 6.77. The zero-order valence-corrected chi connectivity index (χ0v) is 10.0. The zero-order chi connectivity index (χ0) is 9.97. The lowest BCUT2D eigenvalue weighted by atomic mass is 10.1. The predicted molar refractivity (Wildman–Crippen MR) is 63.3 cm³/mol. The van der Waals surface area contributed by atoms with Crippen LogP contribution >= 0.6 is 15.9 Å². The first-order valence-electron chi connectivity index (χ1n) is 5.25. The van der Waals surface area contributed by atoms with Crippen LogP contribution in [0.3, 0.4) is 0 Å². The van der Waals surface area contributed by atoms with Gasteiger partial charge in [-0.15, -0.1) is 0 Å². The number of benzene rings is 1. The monoisotopic (exact) mass is 253 g/mol. The first-order valence-corrected chi connectivity index (χ1v) is 6.04. The highest BCUT2D eigenvalue weighted by Crippen LogP contribution is 2.29. The first kappa shape index (κ1) is 10.2. The van der Waals surface area contributed by atoms with Crippen molar-refractivity contribution in [3.63, 3.8) is 0 Å². The summed E-state index contributed by atoms with van der Waals surface area (Å²) in [5.41, 5.74) is 1.35. The highest BCUT2D eigenvalue weighted by atomic mass is 79.9. The Morgan fingerprint density at radius 1 is 1.43 bits per heavy atom. The van der Waals surface area contributed by atoms with Gasteiger partial charge in [0.25, 0.3) is 0 Å². The molecule has 0 bridgehead atoms. The fourth-order valence-corrected chi connectivity index (χ4v) is 2.23. The molecule has 0 amide bonds. The van der Waals surface area contributed by atoms with Crippen LogP contribution in [0.15, 0.2) is 28.7 Å². The average Bonchev–Trinajstić information content (AvgIpc) is 2.98. The van der Waals surface area contributed by atoms with E-state index in [1.165, 1.54) is 29.4 Å². The summed E-state index contributed by atoms with van der Waals surface area (Å²) in [6.07, 6.45) is 2.82.